The first-order chi connectivity index (χ1) is 8.62. The predicted octanol–water partition coefficient (Wildman–Crippen LogP) is 3.32. The lowest BCUT2D eigenvalue weighted by Gasteiger charge is -2.22. The second kappa shape index (κ2) is 7.27. The standard InChI is InChI=1S/C15H25NO2/c1-5-13(6-2)11(3)16-10-12-7-8-14(17)15(9-12)18-4/h7-9,11,13,16-17H,5-6,10H2,1-4H3. The number of methoxy groups -OCH3 is 1. The summed E-state index contributed by atoms with van der Waals surface area (Å²) in [6.07, 6.45) is 2.40. The summed E-state index contributed by atoms with van der Waals surface area (Å²) in [5, 5.41) is 13.1. The largest absolute Gasteiger partial charge is 0.504 e. The summed E-state index contributed by atoms with van der Waals surface area (Å²) in [7, 11) is 1.57. The van der Waals surface area contributed by atoms with Gasteiger partial charge < -0.3 is 15.2 Å². The predicted molar refractivity (Wildman–Crippen MR) is 75.0 cm³/mol. The Hall–Kier alpha value is -1.22. The normalized spacial score (nSPS) is 12.7. The van der Waals surface area contributed by atoms with Gasteiger partial charge in [-0.2, -0.15) is 0 Å². The molecular weight excluding hydrogens is 226 g/mol. The number of phenols is 1. The van der Waals surface area contributed by atoms with Gasteiger partial charge in [0.25, 0.3) is 0 Å². The van der Waals surface area contributed by atoms with E-state index in [2.05, 4.69) is 26.1 Å². The highest BCUT2D eigenvalue weighted by atomic mass is 16.5. The number of phenolic OH excluding ortho intramolecular Hbond substituents is 1. The summed E-state index contributed by atoms with van der Waals surface area (Å²) in [5.74, 6) is 1.43. The zero-order chi connectivity index (χ0) is 13.5. The average Bonchev–Trinajstić information content (AvgIpc) is 2.39. The lowest BCUT2D eigenvalue weighted by atomic mass is 9.95. The third kappa shape index (κ3) is 3.91. The minimum absolute atomic E-state index is 0.189. The molecule has 2 N–H and O–H groups in total. The number of ether oxygens (including phenoxy) is 1. The van der Waals surface area contributed by atoms with E-state index in [1.165, 1.54) is 12.8 Å². The third-order valence-corrected chi connectivity index (χ3v) is 3.63. The van der Waals surface area contributed by atoms with Crippen LogP contribution < -0.4 is 10.1 Å². The highest BCUT2D eigenvalue weighted by Crippen LogP contribution is 2.26. The fourth-order valence-corrected chi connectivity index (χ4v) is 2.27. The molecule has 0 fully saturated rings. The molecule has 0 aliphatic heterocycles. The molecule has 0 bridgehead atoms. The van der Waals surface area contributed by atoms with Crippen molar-refractivity contribution in [3.63, 3.8) is 0 Å². The molecule has 1 rings (SSSR count). The van der Waals surface area contributed by atoms with Gasteiger partial charge in [-0.1, -0.05) is 32.8 Å². The van der Waals surface area contributed by atoms with E-state index in [0.717, 1.165) is 12.1 Å². The number of rotatable bonds is 7. The molecule has 0 spiro atoms. The van der Waals surface area contributed by atoms with Crippen LogP contribution >= 0.6 is 0 Å². The second-order valence-electron chi connectivity index (χ2n) is 4.75. The van der Waals surface area contributed by atoms with Crippen LogP contribution in [0.15, 0.2) is 18.2 Å². The summed E-state index contributed by atoms with van der Waals surface area (Å²) in [5.41, 5.74) is 1.13. The van der Waals surface area contributed by atoms with E-state index >= 15 is 0 Å². The van der Waals surface area contributed by atoms with Crippen LogP contribution in [0.1, 0.15) is 39.2 Å². The van der Waals surface area contributed by atoms with E-state index in [1.807, 2.05) is 12.1 Å². The molecule has 102 valence electrons. The maximum absolute atomic E-state index is 9.53. The molecule has 0 aromatic heterocycles. The molecule has 0 saturated heterocycles. The molecule has 0 amide bonds. The zero-order valence-corrected chi connectivity index (χ0v) is 11.9. The highest BCUT2D eigenvalue weighted by Gasteiger charge is 2.12. The van der Waals surface area contributed by atoms with Crippen molar-refractivity contribution in [1.29, 1.82) is 0 Å². The quantitative estimate of drug-likeness (QED) is 0.781. The molecule has 1 atom stereocenters. The van der Waals surface area contributed by atoms with Crippen molar-refractivity contribution in [2.45, 2.75) is 46.2 Å². The number of nitrogens with one attached hydrogen (secondary N) is 1. The van der Waals surface area contributed by atoms with E-state index < -0.39 is 0 Å². The van der Waals surface area contributed by atoms with Gasteiger partial charge in [0, 0.05) is 12.6 Å². The van der Waals surface area contributed by atoms with Gasteiger partial charge in [0.2, 0.25) is 0 Å². The minimum atomic E-state index is 0.189. The van der Waals surface area contributed by atoms with Crippen LogP contribution in [0.25, 0.3) is 0 Å². The molecule has 0 saturated carbocycles. The van der Waals surface area contributed by atoms with Gasteiger partial charge in [-0.25, -0.2) is 0 Å². The van der Waals surface area contributed by atoms with Crippen LogP contribution in [-0.2, 0) is 6.54 Å². The van der Waals surface area contributed by atoms with Crippen molar-refractivity contribution in [3.8, 4) is 11.5 Å². The summed E-state index contributed by atoms with van der Waals surface area (Å²) in [6, 6.07) is 5.98. The maximum Gasteiger partial charge on any atom is 0.160 e. The van der Waals surface area contributed by atoms with Crippen LogP contribution in [0.3, 0.4) is 0 Å². The minimum Gasteiger partial charge on any atom is -0.504 e. The van der Waals surface area contributed by atoms with Gasteiger partial charge in [-0.15, -0.1) is 0 Å². The van der Waals surface area contributed by atoms with Crippen molar-refractivity contribution in [1.82, 2.24) is 5.32 Å². The smallest absolute Gasteiger partial charge is 0.160 e. The van der Waals surface area contributed by atoms with E-state index in [1.54, 1.807) is 13.2 Å². The summed E-state index contributed by atoms with van der Waals surface area (Å²) in [4.78, 5) is 0. The Morgan fingerprint density at radius 1 is 1.28 bits per heavy atom. The Bertz CT molecular complexity index is 362. The van der Waals surface area contributed by atoms with Gasteiger partial charge in [-0.05, 0) is 30.5 Å². The molecule has 0 radical (unpaired) electrons. The monoisotopic (exact) mass is 251 g/mol. The maximum atomic E-state index is 9.53. The number of hydrogen-bond donors (Lipinski definition) is 2. The Morgan fingerprint density at radius 2 is 1.94 bits per heavy atom. The molecule has 18 heavy (non-hydrogen) atoms. The second-order valence-corrected chi connectivity index (χ2v) is 4.75. The molecule has 0 heterocycles. The van der Waals surface area contributed by atoms with Crippen molar-refractivity contribution in [3.05, 3.63) is 23.8 Å². The molecule has 0 aliphatic rings. The molecular formula is C15H25NO2. The Labute approximate surface area is 110 Å². The first-order valence-corrected chi connectivity index (χ1v) is 6.71. The van der Waals surface area contributed by atoms with Crippen LogP contribution in [0.2, 0.25) is 0 Å². The lowest BCUT2D eigenvalue weighted by Crippen LogP contribution is -2.32. The SMILES string of the molecule is CCC(CC)C(C)NCc1ccc(O)c(OC)c1. The van der Waals surface area contributed by atoms with E-state index in [0.29, 0.717) is 17.7 Å². The number of hydrogen-bond acceptors (Lipinski definition) is 3. The van der Waals surface area contributed by atoms with Gasteiger partial charge in [0.15, 0.2) is 11.5 Å². The highest BCUT2D eigenvalue weighted by molar-refractivity contribution is 5.41. The summed E-state index contributed by atoms with van der Waals surface area (Å²) in [6.45, 7) is 7.50. The topological polar surface area (TPSA) is 41.5 Å². The fraction of sp³-hybridized carbons (Fsp3) is 0.600. The van der Waals surface area contributed by atoms with Crippen molar-refractivity contribution >= 4 is 0 Å². The van der Waals surface area contributed by atoms with Crippen LogP contribution in [0, 0.1) is 5.92 Å². The molecule has 3 heteroatoms. The van der Waals surface area contributed by atoms with Crippen LogP contribution in [0.5, 0.6) is 11.5 Å². The lowest BCUT2D eigenvalue weighted by molar-refractivity contribution is 0.351. The van der Waals surface area contributed by atoms with Crippen LogP contribution in [0.4, 0.5) is 0 Å². The number of aromatic hydroxyl groups is 1. The average molecular weight is 251 g/mol. The Kier molecular flexibility index (Phi) is 5.99. The Morgan fingerprint density at radius 3 is 2.50 bits per heavy atom. The van der Waals surface area contributed by atoms with Gasteiger partial charge in [0.1, 0.15) is 0 Å². The Balaban J connectivity index is 2.58. The van der Waals surface area contributed by atoms with Gasteiger partial charge in [0.05, 0.1) is 7.11 Å². The third-order valence-electron chi connectivity index (χ3n) is 3.63. The van der Waals surface area contributed by atoms with Crippen molar-refractivity contribution < 1.29 is 9.84 Å². The molecule has 1 aromatic carbocycles. The van der Waals surface area contributed by atoms with Gasteiger partial charge >= 0.3 is 0 Å². The summed E-state index contributed by atoms with van der Waals surface area (Å²) >= 11 is 0. The van der Waals surface area contributed by atoms with Crippen molar-refractivity contribution in [2.75, 3.05) is 7.11 Å². The van der Waals surface area contributed by atoms with E-state index in [-0.39, 0.29) is 5.75 Å². The van der Waals surface area contributed by atoms with Gasteiger partial charge in [-0.3, -0.25) is 0 Å². The van der Waals surface area contributed by atoms with Crippen molar-refractivity contribution in [2.24, 2.45) is 5.92 Å². The molecule has 1 unspecified atom stereocenters. The van der Waals surface area contributed by atoms with Crippen LogP contribution in [-0.4, -0.2) is 18.3 Å². The van der Waals surface area contributed by atoms with E-state index in [9.17, 15) is 5.11 Å². The first kappa shape index (κ1) is 14.8. The molecule has 1 aromatic rings. The number of benzene rings is 1. The molecule has 0 aliphatic carbocycles. The fourth-order valence-electron chi connectivity index (χ4n) is 2.27. The summed E-state index contributed by atoms with van der Waals surface area (Å²) < 4.78 is 5.10. The van der Waals surface area contributed by atoms with E-state index in [4.69, 9.17) is 4.74 Å². The molecule has 3 nitrogen and oxygen atoms in total. The first-order valence-electron chi connectivity index (χ1n) is 6.71. The zero-order valence-electron chi connectivity index (χ0n) is 11.9.